The summed E-state index contributed by atoms with van der Waals surface area (Å²) in [4.78, 5) is 21.0. The molecule has 0 bridgehead atoms. The third-order valence-electron chi connectivity index (χ3n) is 6.21. The Balaban J connectivity index is 1.34. The second kappa shape index (κ2) is 9.50. The fraction of sp³-hybridized carbons (Fsp3) is 0.520. The lowest BCUT2D eigenvalue weighted by molar-refractivity contribution is -0.117. The Morgan fingerprint density at radius 1 is 1.03 bits per heavy atom. The van der Waals surface area contributed by atoms with Crippen LogP contribution in [0.2, 0.25) is 0 Å². The van der Waals surface area contributed by atoms with Gasteiger partial charge >= 0.3 is 0 Å². The number of ketones is 1. The van der Waals surface area contributed by atoms with Crippen molar-refractivity contribution in [3.05, 3.63) is 48.0 Å². The molecule has 4 rings (SSSR count). The molecule has 1 aromatic heterocycles. The van der Waals surface area contributed by atoms with E-state index in [1.807, 2.05) is 12.1 Å². The molecule has 0 radical (unpaired) electrons. The van der Waals surface area contributed by atoms with E-state index in [0.717, 1.165) is 50.0 Å². The lowest BCUT2D eigenvalue weighted by Crippen LogP contribution is -2.31. The van der Waals surface area contributed by atoms with Crippen LogP contribution in [0.3, 0.4) is 0 Å². The van der Waals surface area contributed by atoms with Crippen LogP contribution in [0.25, 0.3) is 0 Å². The Hall–Kier alpha value is -2.56. The van der Waals surface area contributed by atoms with Crippen LogP contribution >= 0.6 is 0 Å². The minimum absolute atomic E-state index is 0.172. The van der Waals surface area contributed by atoms with Gasteiger partial charge in [0, 0.05) is 32.5 Å². The molecular formula is C25H33N3O2. The molecular weight excluding hydrogens is 374 g/mol. The Kier molecular flexibility index (Phi) is 6.56. The first kappa shape index (κ1) is 20.7. The lowest BCUT2D eigenvalue weighted by atomic mass is 9.96. The number of Topliss-reactive ketones (excluding diaryl/α,β-unsaturated/α-hetero) is 1. The smallest absolute Gasteiger partial charge is 0.131 e. The Morgan fingerprint density at radius 3 is 2.43 bits per heavy atom. The summed E-state index contributed by atoms with van der Waals surface area (Å²) in [6.45, 7) is 7.80. The molecule has 2 fully saturated rings. The molecule has 2 atom stereocenters. The molecule has 2 saturated heterocycles. The number of anilines is 2. The molecule has 0 aliphatic carbocycles. The molecule has 0 spiro atoms. The van der Waals surface area contributed by atoms with Crippen molar-refractivity contribution in [2.75, 3.05) is 36.0 Å². The van der Waals surface area contributed by atoms with E-state index in [1.165, 1.54) is 24.8 Å². The quantitative estimate of drug-likeness (QED) is 0.659. The van der Waals surface area contributed by atoms with Crippen LogP contribution in [0, 0.1) is 0 Å². The standard InChI is InChI=1S/C25H33N3O2/c1-19(17-20(2)29)21-9-11-22(12-10-21)30-23-13-16-28(18-23)25-8-6-7-24(26-25)27-14-4-3-5-15-27/h6-12,19,23H,3-5,13-18H2,1-2H3/t19-,23-/m1/s1. The summed E-state index contributed by atoms with van der Waals surface area (Å²) in [6.07, 6.45) is 5.61. The Labute approximate surface area is 180 Å². The van der Waals surface area contributed by atoms with Crippen molar-refractivity contribution in [1.29, 1.82) is 0 Å². The largest absolute Gasteiger partial charge is 0.489 e. The molecule has 2 aliphatic heterocycles. The van der Waals surface area contributed by atoms with Crippen molar-refractivity contribution in [2.45, 2.75) is 58.0 Å². The van der Waals surface area contributed by atoms with Crippen LogP contribution in [0.5, 0.6) is 5.75 Å². The first-order valence-corrected chi connectivity index (χ1v) is 11.3. The maximum absolute atomic E-state index is 11.3. The number of aromatic nitrogens is 1. The van der Waals surface area contributed by atoms with Gasteiger partial charge in [-0.1, -0.05) is 25.1 Å². The minimum atomic E-state index is 0.172. The number of rotatable bonds is 7. The number of hydrogen-bond donors (Lipinski definition) is 0. The summed E-state index contributed by atoms with van der Waals surface area (Å²) >= 11 is 0. The predicted molar refractivity (Wildman–Crippen MR) is 122 cm³/mol. The van der Waals surface area contributed by atoms with Crippen LogP contribution in [0.15, 0.2) is 42.5 Å². The second-order valence-electron chi connectivity index (χ2n) is 8.75. The van der Waals surface area contributed by atoms with Crippen molar-refractivity contribution in [2.24, 2.45) is 0 Å². The summed E-state index contributed by atoms with van der Waals surface area (Å²) in [5.74, 6) is 3.53. The summed E-state index contributed by atoms with van der Waals surface area (Å²) in [6, 6.07) is 14.6. The highest BCUT2D eigenvalue weighted by Crippen LogP contribution is 2.27. The second-order valence-corrected chi connectivity index (χ2v) is 8.75. The van der Waals surface area contributed by atoms with Gasteiger partial charge in [-0.3, -0.25) is 0 Å². The van der Waals surface area contributed by atoms with Gasteiger partial charge in [-0.2, -0.15) is 0 Å². The zero-order valence-corrected chi connectivity index (χ0v) is 18.2. The highest BCUT2D eigenvalue weighted by Gasteiger charge is 2.25. The van der Waals surface area contributed by atoms with Crippen molar-refractivity contribution >= 4 is 17.4 Å². The molecule has 0 saturated carbocycles. The number of carbonyl (C=O) groups is 1. The molecule has 30 heavy (non-hydrogen) atoms. The van der Waals surface area contributed by atoms with Crippen molar-refractivity contribution < 1.29 is 9.53 Å². The first-order valence-electron chi connectivity index (χ1n) is 11.3. The van der Waals surface area contributed by atoms with E-state index in [9.17, 15) is 4.79 Å². The fourth-order valence-corrected chi connectivity index (χ4v) is 4.54. The average Bonchev–Trinajstić information content (AvgIpc) is 3.23. The topological polar surface area (TPSA) is 45.7 Å². The molecule has 5 heteroatoms. The third-order valence-corrected chi connectivity index (χ3v) is 6.21. The van der Waals surface area contributed by atoms with E-state index in [0.29, 0.717) is 6.42 Å². The molecule has 3 heterocycles. The van der Waals surface area contributed by atoms with Gasteiger partial charge in [0.15, 0.2) is 0 Å². The van der Waals surface area contributed by atoms with Crippen LogP contribution in [-0.4, -0.2) is 43.1 Å². The normalized spacial score (nSPS) is 20.3. The molecule has 1 aromatic carbocycles. The van der Waals surface area contributed by atoms with Crippen molar-refractivity contribution in [1.82, 2.24) is 4.98 Å². The molecule has 2 aliphatic rings. The highest BCUT2D eigenvalue weighted by atomic mass is 16.5. The Morgan fingerprint density at radius 2 is 1.73 bits per heavy atom. The number of pyridine rings is 1. The highest BCUT2D eigenvalue weighted by molar-refractivity contribution is 5.76. The number of benzene rings is 1. The van der Waals surface area contributed by atoms with E-state index in [-0.39, 0.29) is 17.8 Å². The van der Waals surface area contributed by atoms with Crippen LogP contribution < -0.4 is 14.5 Å². The van der Waals surface area contributed by atoms with Crippen LogP contribution in [0.1, 0.15) is 57.4 Å². The van der Waals surface area contributed by atoms with Gasteiger partial charge in [-0.15, -0.1) is 0 Å². The van der Waals surface area contributed by atoms with Gasteiger partial charge < -0.3 is 19.3 Å². The zero-order chi connectivity index (χ0) is 20.9. The number of ether oxygens (including phenoxy) is 1. The predicted octanol–water partition coefficient (Wildman–Crippen LogP) is 4.81. The molecule has 0 N–H and O–H groups in total. The summed E-state index contributed by atoms with van der Waals surface area (Å²) < 4.78 is 6.24. The first-order chi connectivity index (χ1) is 14.6. The van der Waals surface area contributed by atoms with Crippen molar-refractivity contribution in [3.8, 4) is 5.75 Å². The molecule has 5 nitrogen and oxygen atoms in total. The summed E-state index contributed by atoms with van der Waals surface area (Å²) in [7, 11) is 0. The maximum Gasteiger partial charge on any atom is 0.131 e. The third kappa shape index (κ3) is 5.13. The van der Waals surface area contributed by atoms with E-state index in [2.05, 4.69) is 47.1 Å². The lowest BCUT2D eigenvalue weighted by Gasteiger charge is -2.28. The van der Waals surface area contributed by atoms with Gasteiger partial charge in [0.1, 0.15) is 29.3 Å². The maximum atomic E-state index is 11.3. The van der Waals surface area contributed by atoms with Gasteiger partial charge in [0.05, 0.1) is 6.54 Å². The van der Waals surface area contributed by atoms with Crippen LogP contribution in [0.4, 0.5) is 11.6 Å². The molecule has 160 valence electrons. The number of nitrogens with zero attached hydrogens (tertiary/aromatic N) is 3. The van der Waals surface area contributed by atoms with E-state index >= 15 is 0 Å². The van der Waals surface area contributed by atoms with Crippen LogP contribution in [-0.2, 0) is 4.79 Å². The monoisotopic (exact) mass is 407 g/mol. The molecule has 2 aromatic rings. The van der Waals surface area contributed by atoms with Crippen molar-refractivity contribution in [3.63, 3.8) is 0 Å². The minimum Gasteiger partial charge on any atom is -0.489 e. The fourth-order valence-electron chi connectivity index (χ4n) is 4.54. The number of piperidine rings is 1. The van der Waals surface area contributed by atoms with Gasteiger partial charge in [0.25, 0.3) is 0 Å². The zero-order valence-electron chi connectivity index (χ0n) is 18.2. The number of carbonyl (C=O) groups excluding carboxylic acids is 1. The van der Waals surface area contributed by atoms with E-state index in [1.54, 1.807) is 6.92 Å². The van der Waals surface area contributed by atoms with Gasteiger partial charge in [-0.05, 0) is 61.9 Å². The van der Waals surface area contributed by atoms with Gasteiger partial charge in [-0.25, -0.2) is 4.98 Å². The average molecular weight is 408 g/mol. The van der Waals surface area contributed by atoms with E-state index < -0.39 is 0 Å². The summed E-state index contributed by atoms with van der Waals surface area (Å²) in [5.41, 5.74) is 1.18. The van der Waals surface area contributed by atoms with E-state index in [4.69, 9.17) is 9.72 Å². The SMILES string of the molecule is CC(=O)C[C@@H](C)c1ccc(O[C@@H]2CCN(c3cccc(N4CCCCC4)n3)C2)cc1. The number of hydrogen-bond acceptors (Lipinski definition) is 5. The molecule has 0 amide bonds. The summed E-state index contributed by atoms with van der Waals surface area (Å²) in [5, 5.41) is 0. The molecule has 0 unspecified atom stereocenters. The van der Waals surface area contributed by atoms with Gasteiger partial charge in [0.2, 0.25) is 0 Å². The Bertz CT molecular complexity index is 846.